The van der Waals surface area contributed by atoms with Crippen LogP contribution in [-0.2, 0) is 11.0 Å². The largest absolute Gasteiger partial charge is 0.419 e. The van der Waals surface area contributed by atoms with E-state index >= 15 is 0 Å². The topological polar surface area (TPSA) is 59.3 Å². The first-order valence-corrected chi connectivity index (χ1v) is 10.5. The molecule has 4 aromatic rings. The minimum atomic E-state index is -4.87. The van der Waals surface area contributed by atoms with Crippen LogP contribution in [0.15, 0.2) is 54.7 Å². The summed E-state index contributed by atoms with van der Waals surface area (Å²) < 4.78 is 55.7. The summed E-state index contributed by atoms with van der Waals surface area (Å²) in [7, 11) is 0. The van der Waals surface area contributed by atoms with E-state index in [0.29, 0.717) is 22.6 Å². The van der Waals surface area contributed by atoms with E-state index in [2.05, 4.69) is 15.4 Å². The molecule has 0 saturated carbocycles. The molecule has 5 nitrogen and oxygen atoms in total. The molecule has 176 valence electrons. The normalized spacial score (nSPS) is 12.2. The van der Waals surface area contributed by atoms with Crippen LogP contribution in [0.3, 0.4) is 0 Å². The highest BCUT2D eigenvalue weighted by molar-refractivity contribution is 5.95. The van der Waals surface area contributed by atoms with Gasteiger partial charge in [-0.05, 0) is 36.8 Å². The van der Waals surface area contributed by atoms with E-state index < -0.39 is 23.0 Å². The standard InChI is InChI=1S/C25H22F4N4O/c1-14-8-9-15(12-19(14)31-23(34)24(2,3)4)20-13-33-21(30-20)11-10-18(32-33)16-6-5-7-17(26)22(16)25(27,28)29/h5-13H,1-4H3,(H,31,34). The molecule has 0 fully saturated rings. The maximum Gasteiger partial charge on any atom is 0.419 e. The number of hydrogen-bond acceptors (Lipinski definition) is 3. The number of carbonyl (C=O) groups is 1. The number of nitrogens with zero attached hydrogens (tertiary/aromatic N) is 3. The van der Waals surface area contributed by atoms with Crippen LogP contribution in [0.1, 0.15) is 31.9 Å². The predicted octanol–water partition coefficient (Wildman–Crippen LogP) is 6.51. The van der Waals surface area contributed by atoms with Crippen LogP contribution in [0.25, 0.3) is 28.2 Å². The van der Waals surface area contributed by atoms with Gasteiger partial charge in [0.1, 0.15) is 11.4 Å². The lowest BCUT2D eigenvalue weighted by atomic mass is 9.95. The van der Waals surface area contributed by atoms with E-state index in [1.165, 1.54) is 28.8 Å². The molecule has 9 heteroatoms. The van der Waals surface area contributed by atoms with Crippen molar-refractivity contribution in [3.05, 3.63) is 71.7 Å². The predicted molar refractivity (Wildman–Crippen MR) is 122 cm³/mol. The van der Waals surface area contributed by atoms with E-state index in [-0.39, 0.29) is 17.2 Å². The van der Waals surface area contributed by atoms with Crippen LogP contribution in [0.5, 0.6) is 0 Å². The van der Waals surface area contributed by atoms with Crippen molar-refractivity contribution < 1.29 is 22.4 Å². The number of benzene rings is 2. The molecule has 2 aromatic carbocycles. The Kier molecular flexibility index (Phi) is 5.67. The zero-order valence-electron chi connectivity index (χ0n) is 19.0. The fraction of sp³-hybridized carbons (Fsp3) is 0.240. The number of amides is 1. The summed E-state index contributed by atoms with van der Waals surface area (Å²) in [5.74, 6) is -1.49. The zero-order valence-corrected chi connectivity index (χ0v) is 19.0. The zero-order chi connectivity index (χ0) is 24.8. The lowest BCUT2D eigenvalue weighted by molar-refractivity contribution is -0.139. The number of fused-ring (bicyclic) bond motifs is 1. The molecular weight excluding hydrogens is 448 g/mol. The number of alkyl halides is 3. The molecule has 0 aliphatic heterocycles. The van der Waals surface area contributed by atoms with Crippen LogP contribution in [0.2, 0.25) is 0 Å². The van der Waals surface area contributed by atoms with E-state index in [9.17, 15) is 22.4 Å². The number of carbonyl (C=O) groups excluding carboxylic acids is 1. The number of hydrogen-bond donors (Lipinski definition) is 1. The molecular formula is C25H22F4N4O. The van der Waals surface area contributed by atoms with Gasteiger partial charge in [-0.2, -0.15) is 18.3 Å². The second kappa shape index (κ2) is 8.23. The summed E-state index contributed by atoms with van der Waals surface area (Å²) in [6.45, 7) is 7.32. The van der Waals surface area contributed by atoms with Crippen molar-refractivity contribution in [3.8, 4) is 22.5 Å². The Morgan fingerprint density at radius 3 is 2.41 bits per heavy atom. The summed E-state index contributed by atoms with van der Waals surface area (Å²) >= 11 is 0. The van der Waals surface area contributed by atoms with Gasteiger partial charge in [0, 0.05) is 22.2 Å². The molecule has 0 aliphatic rings. The Hall–Kier alpha value is -3.75. The Labute approximate surface area is 193 Å². The van der Waals surface area contributed by atoms with Crippen LogP contribution in [0.4, 0.5) is 23.2 Å². The third kappa shape index (κ3) is 4.50. The first-order chi connectivity index (χ1) is 15.8. The molecule has 0 atom stereocenters. The maximum atomic E-state index is 14.0. The summed E-state index contributed by atoms with van der Waals surface area (Å²) in [6.07, 6.45) is -3.29. The number of anilines is 1. The van der Waals surface area contributed by atoms with Crippen LogP contribution in [0, 0.1) is 18.2 Å². The van der Waals surface area contributed by atoms with Crippen molar-refractivity contribution in [2.75, 3.05) is 5.32 Å². The van der Waals surface area contributed by atoms with Gasteiger partial charge in [0.2, 0.25) is 5.91 Å². The Morgan fingerprint density at radius 1 is 1.00 bits per heavy atom. The quantitative estimate of drug-likeness (QED) is 0.347. The van der Waals surface area contributed by atoms with Gasteiger partial charge in [-0.1, -0.05) is 45.0 Å². The second-order valence-electron chi connectivity index (χ2n) is 9.04. The van der Waals surface area contributed by atoms with Gasteiger partial charge in [-0.3, -0.25) is 4.79 Å². The van der Waals surface area contributed by atoms with Gasteiger partial charge < -0.3 is 5.32 Å². The third-order valence-corrected chi connectivity index (χ3v) is 5.36. The number of aryl methyl sites for hydroxylation is 1. The van der Waals surface area contributed by atoms with Gasteiger partial charge in [0.05, 0.1) is 17.6 Å². The molecule has 0 unspecified atom stereocenters. The molecule has 4 rings (SSSR count). The smallest absolute Gasteiger partial charge is 0.325 e. The van der Waals surface area contributed by atoms with Crippen LogP contribution >= 0.6 is 0 Å². The van der Waals surface area contributed by atoms with Crippen LogP contribution < -0.4 is 5.32 Å². The van der Waals surface area contributed by atoms with Gasteiger partial charge in [0.15, 0.2) is 5.65 Å². The average molecular weight is 470 g/mol. The average Bonchev–Trinajstić information content (AvgIpc) is 3.16. The number of halogens is 4. The van der Waals surface area contributed by atoms with Crippen molar-refractivity contribution in [3.63, 3.8) is 0 Å². The number of aromatic nitrogens is 3. The Morgan fingerprint density at radius 2 is 1.74 bits per heavy atom. The third-order valence-electron chi connectivity index (χ3n) is 5.36. The lowest BCUT2D eigenvalue weighted by Crippen LogP contribution is -2.27. The summed E-state index contributed by atoms with van der Waals surface area (Å²) in [4.78, 5) is 16.9. The van der Waals surface area contributed by atoms with Crippen molar-refractivity contribution in [2.24, 2.45) is 5.41 Å². The number of rotatable bonds is 3. The van der Waals surface area contributed by atoms with Gasteiger partial charge in [-0.15, -0.1) is 0 Å². The molecule has 34 heavy (non-hydrogen) atoms. The molecule has 0 saturated heterocycles. The fourth-order valence-electron chi connectivity index (χ4n) is 3.42. The van der Waals surface area contributed by atoms with Gasteiger partial charge in [-0.25, -0.2) is 13.9 Å². The molecule has 0 bridgehead atoms. The lowest BCUT2D eigenvalue weighted by Gasteiger charge is -2.19. The van der Waals surface area contributed by atoms with E-state index in [4.69, 9.17) is 0 Å². The van der Waals surface area contributed by atoms with Crippen LogP contribution in [-0.4, -0.2) is 20.5 Å². The van der Waals surface area contributed by atoms with E-state index in [1.54, 1.807) is 12.3 Å². The summed E-state index contributed by atoms with van der Waals surface area (Å²) in [5.41, 5.74) is 0.809. The molecule has 1 N–H and O–H groups in total. The Bertz CT molecular complexity index is 1400. The van der Waals surface area contributed by atoms with Crippen molar-refractivity contribution in [1.29, 1.82) is 0 Å². The highest BCUT2D eigenvalue weighted by Crippen LogP contribution is 2.38. The highest BCUT2D eigenvalue weighted by atomic mass is 19.4. The van der Waals surface area contributed by atoms with Crippen molar-refractivity contribution in [2.45, 2.75) is 33.9 Å². The second-order valence-corrected chi connectivity index (χ2v) is 9.04. The van der Waals surface area contributed by atoms with Gasteiger partial charge in [0.25, 0.3) is 0 Å². The maximum absolute atomic E-state index is 14.0. The van der Waals surface area contributed by atoms with E-state index in [0.717, 1.165) is 11.6 Å². The molecule has 1 amide bonds. The first kappa shape index (κ1) is 23.4. The number of nitrogens with one attached hydrogen (secondary N) is 1. The Balaban J connectivity index is 1.75. The summed E-state index contributed by atoms with van der Waals surface area (Å²) in [6, 6.07) is 11.5. The molecule has 0 aliphatic carbocycles. The minimum absolute atomic E-state index is 0.0367. The summed E-state index contributed by atoms with van der Waals surface area (Å²) in [5, 5.41) is 7.16. The molecule has 2 heterocycles. The van der Waals surface area contributed by atoms with Crippen molar-refractivity contribution >= 4 is 17.2 Å². The SMILES string of the molecule is Cc1ccc(-c2cn3nc(-c4cccc(F)c4C(F)(F)F)ccc3n2)cc1NC(=O)C(C)(C)C. The fourth-order valence-corrected chi connectivity index (χ4v) is 3.42. The number of imidazole rings is 1. The highest BCUT2D eigenvalue weighted by Gasteiger charge is 2.37. The van der Waals surface area contributed by atoms with Crippen molar-refractivity contribution in [1.82, 2.24) is 14.6 Å². The monoisotopic (exact) mass is 470 g/mol. The molecule has 2 aromatic heterocycles. The molecule has 0 radical (unpaired) electrons. The first-order valence-electron chi connectivity index (χ1n) is 10.5. The molecule has 0 spiro atoms. The minimum Gasteiger partial charge on any atom is -0.325 e. The van der Waals surface area contributed by atoms with E-state index in [1.807, 2.05) is 39.8 Å². The van der Waals surface area contributed by atoms with Gasteiger partial charge >= 0.3 is 6.18 Å².